The van der Waals surface area contributed by atoms with E-state index in [4.69, 9.17) is 14.2 Å². The molecule has 0 saturated carbocycles. The van der Waals surface area contributed by atoms with E-state index >= 15 is 0 Å². The highest BCUT2D eigenvalue weighted by atomic mass is 16.5. The Balaban J connectivity index is 1.69. The quantitative estimate of drug-likeness (QED) is 0.269. The Bertz CT molecular complexity index is 1270. The summed E-state index contributed by atoms with van der Waals surface area (Å²) in [5.41, 5.74) is 3.00. The van der Waals surface area contributed by atoms with Crippen LogP contribution in [0.1, 0.15) is 28.3 Å². The van der Waals surface area contributed by atoms with Crippen LogP contribution >= 0.6 is 0 Å². The second-order valence-electron chi connectivity index (χ2n) is 8.51. The molecule has 1 heterocycles. The van der Waals surface area contributed by atoms with Crippen LogP contribution in [-0.2, 0) is 20.9 Å². The minimum Gasteiger partial charge on any atom is -0.507 e. The number of aryl methyl sites for hydroxylation is 1. The number of rotatable bonds is 9. The Labute approximate surface area is 210 Å². The number of nitrogens with zero attached hydrogens (tertiary/aromatic N) is 1. The molecule has 1 aliphatic heterocycles. The fraction of sp³-hybridized carbons (Fsp3) is 0.241. The first-order valence-corrected chi connectivity index (χ1v) is 11.6. The molecule has 0 spiro atoms. The van der Waals surface area contributed by atoms with Crippen molar-refractivity contribution in [1.82, 2.24) is 4.90 Å². The highest BCUT2D eigenvalue weighted by Gasteiger charge is 2.45. The Morgan fingerprint density at radius 1 is 0.972 bits per heavy atom. The Hall–Kier alpha value is -4.10. The van der Waals surface area contributed by atoms with Crippen molar-refractivity contribution >= 4 is 17.4 Å². The molecule has 7 nitrogen and oxygen atoms in total. The Morgan fingerprint density at radius 3 is 2.33 bits per heavy atom. The lowest BCUT2D eigenvalue weighted by Gasteiger charge is -2.25. The summed E-state index contributed by atoms with van der Waals surface area (Å²) in [5, 5.41) is 11.3. The number of carbonyl (C=O) groups is 2. The Kier molecular flexibility index (Phi) is 7.71. The number of benzene rings is 3. The van der Waals surface area contributed by atoms with Gasteiger partial charge in [0.05, 0.1) is 25.3 Å². The van der Waals surface area contributed by atoms with Crippen LogP contribution in [-0.4, -0.2) is 49.1 Å². The predicted octanol–water partition coefficient (Wildman–Crippen LogP) is 4.65. The molecule has 4 rings (SSSR count). The minimum absolute atomic E-state index is 0.0404. The number of hydrogen-bond acceptors (Lipinski definition) is 6. The number of Topliss-reactive ketones (excluding diaryl/α,β-unsaturated/α-hetero) is 1. The molecule has 186 valence electrons. The summed E-state index contributed by atoms with van der Waals surface area (Å²) in [5.74, 6) is -0.316. The maximum Gasteiger partial charge on any atom is 0.295 e. The van der Waals surface area contributed by atoms with Gasteiger partial charge in [0.1, 0.15) is 23.9 Å². The summed E-state index contributed by atoms with van der Waals surface area (Å²) < 4.78 is 16.3. The van der Waals surface area contributed by atoms with Gasteiger partial charge in [0.15, 0.2) is 0 Å². The number of amides is 1. The molecule has 1 unspecified atom stereocenters. The molecule has 0 aromatic heterocycles. The monoisotopic (exact) mass is 487 g/mol. The largest absolute Gasteiger partial charge is 0.507 e. The number of aliphatic hydroxyl groups excluding tert-OH is 1. The summed E-state index contributed by atoms with van der Waals surface area (Å²) in [6.07, 6.45) is 0. The van der Waals surface area contributed by atoms with E-state index < -0.39 is 17.7 Å². The number of ether oxygens (including phenoxy) is 3. The third-order valence-electron chi connectivity index (χ3n) is 6.19. The second kappa shape index (κ2) is 11.1. The maximum absolute atomic E-state index is 13.1. The summed E-state index contributed by atoms with van der Waals surface area (Å²) in [4.78, 5) is 27.5. The predicted molar refractivity (Wildman–Crippen MR) is 136 cm³/mol. The van der Waals surface area contributed by atoms with Crippen LogP contribution in [0.15, 0.2) is 78.4 Å². The van der Waals surface area contributed by atoms with E-state index in [-0.39, 0.29) is 24.5 Å². The van der Waals surface area contributed by atoms with Gasteiger partial charge >= 0.3 is 0 Å². The van der Waals surface area contributed by atoms with Crippen molar-refractivity contribution in [3.63, 3.8) is 0 Å². The van der Waals surface area contributed by atoms with Gasteiger partial charge in [-0.25, -0.2) is 0 Å². The molecule has 1 fully saturated rings. The summed E-state index contributed by atoms with van der Waals surface area (Å²) in [6.45, 7) is 2.75. The van der Waals surface area contributed by atoms with Gasteiger partial charge in [-0.05, 0) is 53.9 Å². The Morgan fingerprint density at radius 2 is 1.69 bits per heavy atom. The number of aliphatic hydroxyl groups is 1. The molecule has 0 aliphatic carbocycles. The van der Waals surface area contributed by atoms with Gasteiger partial charge in [0.2, 0.25) is 0 Å². The highest BCUT2D eigenvalue weighted by molar-refractivity contribution is 6.46. The molecule has 3 aromatic rings. The number of carbonyl (C=O) groups excluding carboxylic acids is 2. The molecule has 36 heavy (non-hydrogen) atoms. The van der Waals surface area contributed by atoms with Crippen molar-refractivity contribution in [2.24, 2.45) is 0 Å². The first kappa shape index (κ1) is 25.0. The van der Waals surface area contributed by atoms with E-state index in [0.29, 0.717) is 29.2 Å². The lowest BCUT2D eigenvalue weighted by atomic mass is 9.94. The molecule has 1 N–H and O–H groups in total. The van der Waals surface area contributed by atoms with Crippen LogP contribution in [0.3, 0.4) is 0 Å². The standard InChI is InChI=1S/C29H29NO6/c1-19-17-22(11-14-24(19)36-18-20-7-5-4-6-8-20)27(31)25-26(21-9-12-23(35-3)13-10-21)30(15-16-34-2)29(33)28(25)32/h4-14,17,26,31H,15-16,18H2,1-3H3/b27-25-. The zero-order valence-corrected chi connectivity index (χ0v) is 20.6. The van der Waals surface area contributed by atoms with Crippen LogP contribution in [0.25, 0.3) is 5.76 Å². The van der Waals surface area contributed by atoms with Gasteiger partial charge < -0.3 is 24.2 Å². The molecule has 1 aliphatic rings. The van der Waals surface area contributed by atoms with Crippen molar-refractivity contribution in [1.29, 1.82) is 0 Å². The minimum atomic E-state index is -0.750. The molecule has 7 heteroatoms. The van der Waals surface area contributed by atoms with Gasteiger partial charge in [-0.15, -0.1) is 0 Å². The normalized spacial score (nSPS) is 16.9. The van der Waals surface area contributed by atoms with E-state index in [0.717, 1.165) is 11.1 Å². The van der Waals surface area contributed by atoms with Gasteiger partial charge in [-0.3, -0.25) is 9.59 Å². The second-order valence-corrected chi connectivity index (χ2v) is 8.51. The summed E-state index contributed by atoms with van der Waals surface area (Å²) in [7, 11) is 3.10. The van der Waals surface area contributed by atoms with Crippen molar-refractivity contribution in [3.8, 4) is 11.5 Å². The fourth-order valence-electron chi connectivity index (χ4n) is 4.28. The third kappa shape index (κ3) is 5.11. The van der Waals surface area contributed by atoms with Gasteiger partial charge in [-0.1, -0.05) is 42.5 Å². The number of likely N-dealkylation sites (tertiary alicyclic amines) is 1. The zero-order chi connectivity index (χ0) is 25.7. The zero-order valence-electron chi connectivity index (χ0n) is 20.6. The molecule has 1 atom stereocenters. The fourth-order valence-corrected chi connectivity index (χ4v) is 4.28. The number of ketones is 1. The van der Waals surface area contributed by atoms with E-state index in [1.54, 1.807) is 49.6 Å². The van der Waals surface area contributed by atoms with E-state index in [1.807, 2.05) is 37.3 Å². The van der Waals surface area contributed by atoms with Crippen molar-refractivity contribution in [3.05, 3.63) is 101 Å². The first-order chi connectivity index (χ1) is 17.4. The van der Waals surface area contributed by atoms with Crippen LogP contribution in [0.4, 0.5) is 0 Å². The van der Waals surface area contributed by atoms with E-state index in [9.17, 15) is 14.7 Å². The van der Waals surface area contributed by atoms with Crippen molar-refractivity contribution < 1.29 is 28.9 Å². The third-order valence-corrected chi connectivity index (χ3v) is 6.19. The smallest absolute Gasteiger partial charge is 0.295 e. The molecular formula is C29H29NO6. The van der Waals surface area contributed by atoms with Gasteiger partial charge in [0, 0.05) is 19.2 Å². The summed E-state index contributed by atoms with van der Waals surface area (Å²) in [6, 6.07) is 21.4. The van der Waals surface area contributed by atoms with Crippen LogP contribution in [0.5, 0.6) is 11.5 Å². The number of methoxy groups -OCH3 is 2. The summed E-state index contributed by atoms with van der Waals surface area (Å²) >= 11 is 0. The maximum atomic E-state index is 13.1. The average Bonchev–Trinajstić information content (AvgIpc) is 3.16. The van der Waals surface area contributed by atoms with E-state index in [1.165, 1.54) is 12.0 Å². The first-order valence-electron chi connectivity index (χ1n) is 11.6. The average molecular weight is 488 g/mol. The number of hydrogen-bond donors (Lipinski definition) is 1. The van der Waals surface area contributed by atoms with E-state index in [2.05, 4.69) is 0 Å². The molecule has 1 amide bonds. The topological polar surface area (TPSA) is 85.3 Å². The lowest BCUT2D eigenvalue weighted by Crippen LogP contribution is -2.32. The SMILES string of the molecule is COCCN1C(=O)C(=O)/C(=C(\O)c2ccc(OCc3ccccc3)c(C)c2)C1c1ccc(OC)cc1. The molecule has 0 bridgehead atoms. The van der Waals surface area contributed by atoms with Gasteiger partial charge in [-0.2, -0.15) is 0 Å². The van der Waals surface area contributed by atoms with Gasteiger partial charge in [0.25, 0.3) is 11.7 Å². The van der Waals surface area contributed by atoms with Crippen LogP contribution < -0.4 is 9.47 Å². The van der Waals surface area contributed by atoms with Crippen molar-refractivity contribution in [2.75, 3.05) is 27.4 Å². The molecular weight excluding hydrogens is 458 g/mol. The van der Waals surface area contributed by atoms with Crippen LogP contribution in [0.2, 0.25) is 0 Å². The van der Waals surface area contributed by atoms with Crippen molar-refractivity contribution in [2.45, 2.75) is 19.6 Å². The lowest BCUT2D eigenvalue weighted by molar-refractivity contribution is -0.140. The van der Waals surface area contributed by atoms with Crippen LogP contribution in [0, 0.1) is 6.92 Å². The molecule has 1 saturated heterocycles. The molecule has 3 aromatic carbocycles. The highest BCUT2D eigenvalue weighted by Crippen LogP contribution is 2.40. The molecule has 0 radical (unpaired) electrons.